The third-order valence-corrected chi connectivity index (χ3v) is 6.72. The van der Waals surface area contributed by atoms with Crippen LogP contribution in [0.1, 0.15) is 59.8 Å². The van der Waals surface area contributed by atoms with E-state index in [2.05, 4.69) is 26.8 Å². The van der Waals surface area contributed by atoms with E-state index in [0.717, 1.165) is 18.3 Å². The number of carbonyl (C=O) groups excluding carboxylic acids is 1. The number of hydrogen-bond donors (Lipinski definition) is 0. The van der Waals surface area contributed by atoms with Crippen LogP contribution in [0.2, 0.25) is 0 Å². The van der Waals surface area contributed by atoms with Gasteiger partial charge in [-0.1, -0.05) is 25.5 Å². The predicted octanol–water partition coefficient (Wildman–Crippen LogP) is 4.37. The second-order valence-electron chi connectivity index (χ2n) is 7.56. The van der Waals surface area contributed by atoms with Crippen LogP contribution in [0.25, 0.3) is 0 Å². The highest BCUT2D eigenvalue weighted by Gasteiger charge is 2.64. The highest BCUT2D eigenvalue weighted by molar-refractivity contribution is 5.76. The Labute approximate surface area is 111 Å². The van der Waals surface area contributed by atoms with Crippen molar-refractivity contribution in [2.45, 2.75) is 59.8 Å². The normalized spacial score (nSPS) is 50.0. The molecule has 100 valence electrons. The average molecular weight is 246 g/mol. The van der Waals surface area contributed by atoms with E-state index in [9.17, 15) is 4.79 Å². The number of fused-ring (bicyclic) bond motifs is 1. The minimum absolute atomic E-state index is 0.244. The smallest absolute Gasteiger partial charge is 0.130 e. The molecule has 2 saturated carbocycles. The Morgan fingerprint density at radius 1 is 1.44 bits per heavy atom. The van der Waals surface area contributed by atoms with Gasteiger partial charge in [0, 0.05) is 6.42 Å². The molecule has 18 heavy (non-hydrogen) atoms. The van der Waals surface area contributed by atoms with Gasteiger partial charge < -0.3 is 4.79 Å². The molecule has 0 N–H and O–H groups in total. The lowest BCUT2D eigenvalue weighted by Gasteiger charge is -2.38. The highest BCUT2D eigenvalue weighted by Crippen LogP contribution is 2.72. The maximum Gasteiger partial charge on any atom is 0.130 e. The number of Topliss-reactive ketones (excluding diaryl/α,β-unsaturated/α-hetero) is 1. The van der Waals surface area contributed by atoms with Gasteiger partial charge in [0.15, 0.2) is 0 Å². The first-order valence-electron chi connectivity index (χ1n) is 7.56. The maximum atomic E-state index is 11.7. The Morgan fingerprint density at radius 3 is 2.83 bits per heavy atom. The molecule has 1 nitrogen and oxygen atoms in total. The van der Waals surface area contributed by atoms with E-state index >= 15 is 0 Å². The van der Waals surface area contributed by atoms with Gasteiger partial charge in [-0.05, 0) is 68.1 Å². The van der Waals surface area contributed by atoms with Crippen LogP contribution in [0.4, 0.5) is 0 Å². The molecule has 5 atom stereocenters. The number of rotatable bonds is 2. The average Bonchev–Trinajstić information content (AvgIpc) is 2.69. The molecule has 5 unspecified atom stereocenters. The van der Waals surface area contributed by atoms with Gasteiger partial charge in [0.1, 0.15) is 5.78 Å². The van der Waals surface area contributed by atoms with Crippen molar-refractivity contribution in [2.24, 2.45) is 28.6 Å². The summed E-state index contributed by atoms with van der Waals surface area (Å²) in [5.74, 6) is 2.68. The molecule has 2 fully saturated rings. The lowest BCUT2D eigenvalue weighted by Crippen LogP contribution is -2.33. The topological polar surface area (TPSA) is 17.1 Å². The highest BCUT2D eigenvalue weighted by atomic mass is 16.1. The number of ketones is 1. The molecule has 0 aromatic carbocycles. The second kappa shape index (κ2) is 3.71. The zero-order valence-electron chi connectivity index (χ0n) is 12.3. The lowest BCUT2D eigenvalue weighted by molar-refractivity contribution is -0.120. The zero-order chi connectivity index (χ0) is 13.1. The summed E-state index contributed by atoms with van der Waals surface area (Å²) in [7, 11) is 0. The number of allylic oxidation sites excluding steroid dienone is 2. The minimum Gasteiger partial charge on any atom is -0.300 e. The number of carbonyl (C=O) groups is 1. The summed E-state index contributed by atoms with van der Waals surface area (Å²) in [5.41, 5.74) is 2.34. The summed E-state index contributed by atoms with van der Waals surface area (Å²) in [4.78, 5) is 11.7. The SMILES string of the molecule is CC(=O)CC1(C)C2CC3(CC=C2C)C(C)CCC13. The molecule has 3 rings (SSSR count). The Bertz CT molecular complexity index is 421. The van der Waals surface area contributed by atoms with Crippen LogP contribution in [0, 0.1) is 28.6 Å². The van der Waals surface area contributed by atoms with Crippen molar-refractivity contribution in [3.05, 3.63) is 11.6 Å². The molecular weight excluding hydrogens is 220 g/mol. The summed E-state index contributed by atoms with van der Waals surface area (Å²) in [6.45, 7) is 8.93. The molecule has 0 aliphatic heterocycles. The van der Waals surface area contributed by atoms with Crippen LogP contribution in [-0.2, 0) is 4.79 Å². The maximum absolute atomic E-state index is 11.7. The fourth-order valence-electron chi connectivity index (χ4n) is 5.90. The van der Waals surface area contributed by atoms with Crippen LogP contribution in [-0.4, -0.2) is 5.78 Å². The van der Waals surface area contributed by atoms with Gasteiger partial charge in [-0.15, -0.1) is 0 Å². The summed E-state index contributed by atoms with van der Waals surface area (Å²) in [6, 6.07) is 0. The van der Waals surface area contributed by atoms with E-state index in [-0.39, 0.29) is 5.41 Å². The van der Waals surface area contributed by atoms with Crippen LogP contribution < -0.4 is 0 Å². The molecule has 0 heterocycles. The Hall–Kier alpha value is -0.590. The first-order chi connectivity index (χ1) is 8.40. The fraction of sp³-hybridized carbons (Fsp3) is 0.824. The van der Waals surface area contributed by atoms with Crippen LogP contribution in [0.5, 0.6) is 0 Å². The van der Waals surface area contributed by atoms with Crippen LogP contribution in [0.3, 0.4) is 0 Å². The molecule has 2 bridgehead atoms. The van der Waals surface area contributed by atoms with Crippen molar-refractivity contribution in [1.29, 1.82) is 0 Å². The van der Waals surface area contributed by atoms with Gasteiger partial charge >= 0.3 is 0 Å². The van der Waals surface area contributed by atoms with E-state index in [1.807, 2.05) is 0 Å². The van der Waals surface area contributed by atoms with Crippen molar-refractivity contribution in [2.75, 3.05) is 0 Å². The predicted molar refractivity (Wildman–Crippen MR) is 74.2 cm³/mol. The minimum atomic E-state index is 0.244. The summed E-state index contributed by atoms with van der Waals surface area (Å²) in [5, 5.41) is 0. The molecule has 0 amide bonds. The Kier molecular flexibility index (Phi) is 2.56. The van der Waals surface area contributed by atoms with Gasteiger partial charge in [0.25, 0.3) is 0 Å². The Balaban J connectivity index is 2.06. The van der Waals surface area contributed by atoms with Crippen molar-refractivity contribution >= 4 is 5.78 Å². The standard InChI is InChI=1S/C17H26O/c1-11-7-8-17-10-14(11)16(4,9-13(3)18)15(17)6-5-12(17)2/h7,12,14-15H,5-6,8-10H2,1-4H3. The van der Waals surface area contributed by atoms with E-state index in [1.54, 1.807) is 12.5 Å². The van der Waals surface area contributed by atoms with Crippen molar-refractivity contribution < 1.29 is 4.79 Å². The fourth-order valence-corrected chi connectivity index (χ4v) is 5.90. The summed E-state index contributed by atoms with van der Waals surface area (Å²) >= 11 is 0. The van der Waals surface area contributed by atoms with Gasteiger partial charge in [-0.3, -0.25) is 0 Å². The van der Waals surface area contributed by atoms with Crippen LogP contribution in [0.15, 0.2) is 11.6 Å². The first kappa shape index (κ1) is 12.4. The van der Waals surface area contributed by atoms with Gasteiger partial charge in [-0.25, -0.2) is 0 Å². The van der Waals surface area contributed by atoms with Gasteiger partial charge in [-0.2, -0.15) is 0 Å². The second-order valence-corrected chi connectivity index (χ2v) is 7.56. The first-order valence-corrected chi connectivity index (χ1v) is 7.56. The summed E-state index contributed by atoms with van der Waals surface area (Å²) in [6.07, 6.45) is 8.64. The van der Waals surface area contributed by atoms with Gasteiger partial charge in [0.2, 0.25) is 0 Å². The largest absolute Gasteiger partial charge is 0.300 e. The molecule has 1 heteroatoms. The van der Waals surface area contributed by atoms with E-state index in [0.29, 0.717) is 17.1 Å². The van der Waals surface area contributed by atoms with E-state index < -0.39 is 0 Å². The molecule has 1 spiro atoms. The van der Waals surface area contributed by atoms with Crippen LogP contribution >= 0.6 is 0 Å². The van der Waals surface area contributed by atoms with E-state index in [4.69, 9.17) is 0 Å². The monoisotopic (exact) mass is 246 g/mol. The molecule has 0 radical (unpaired) electrons. The van der Waals surface area contributed by atoms with E-state index in [1.165, 1.54) is 25.7 Å². The van der Waals surface area contributed by atoms with Crippen molar-refractivity contribution in [3.8, 4) is 0 Å². The lowest BCUT2D eigenvalue weighted by atomic mass is 9.66. The molecule has 0 aromatic heterocycles. The quantitative estimate of drug-likeness (QED) is 0.661. The Morgan fingerprint density at radius 2 is 2.17 bits per heavy atom. The third kappa shape index (κ3) is 1.37. The molecule has 0 saturated heterocycles. The molecule has 3 aliphatic rings. The van der Waals surface area contributed by atoms with Crippen molar-refractivity contribution in [3.63, 3.8) is 0 Å². The number of hydrogen-bond acceptors (Lipinski definition) is 1. The molecule has 3 aliphatic carbocycles. The molecular formula is C17H26O. The summed E-state index contributed by atoms with van der Waals surface area (Å²) < 4.78 is 0. The zero-order valence-corrected chi connectivity index (χ0v) is 12.3. The van der Waals surface area contributed by atoms with Crippen molar-refractivity contribution in [1.82, 2.24) is 0 Å². The molecule has 0 aromatic rings. The van der Waals surface area contributed by atoms with Gasteiger partial charge in [0.05, 0.1) is 0 Å². The third-order valence-electron chi connectivity index (χ3n) is 6.72.